The molecule has 0 saturated heterocycles. The standard InChI is InChI=1S/2C39H37N/c2*1-37(2,3)25-16-19-30-31-20-17-26(38(4,5)6)23-35(31)39(34(30)22-25)33-15-11-10-14-29(33)32-21-18-28(24-36(32)39)40-27-12-8-7-9-13-27/h2*7-24,40H,1-6H3. The van der Waals surface area contributed by atoms with E-state index in [1.54, 1.807) is 0 Å². The highest BCUT2D eigenvalue weighted by molar-refractivity contribution is 5.98. The molecule has 4 aliphatic rings. The topological polar surface area (TPSA) is 24.1 Å². The SMILES string of the molecule is CC(C)(C)c1ccc2c(c1)C1(c3ccccc3-c3ccc(Nc4ccccc4)cc31)c1cc(C(C)(C)C)ccc1-2.CC(C)(C)c1ccc2c(c1)C1(c3ccccc3-c3ccc(Nc4ccccc4)cc31)c1cc(C(C)(C)C)ccc1-2. The lowest BCUT2D eigenvalue weighted by atomic mass is 9.68. The van der Waals surface area contributed by atoms with Crippen molar-refractivity contribution in [1.29, 1.82) is 0 Å². The van der Waals surface area contributed by atoms with Gasteiger partial charge in [0.15, 0.2) is 0 Å². The Balaban J connectivity index is 0.000000151. The molecule has 0 amide bonds. The first-order valence-electron chi connectivity index (χ1n) is 28.9. The van der Waals surface area contributed by atoms with E-state index in [0.29, 0.717) is 0 Å². The van der Waals surface area contributed by atoms with Crippen LogP contribution in [0.2, 0.25) is 0 Å². The van der Waals surface area contributed by atoms with Gasteiger partial charge in [-0.15, -0.1) is 0 Å². The predicted octanol–water partition coefficient (Wildman–Crippen LogP) is 20.7. The summed E-state index contributed by atoms with van der Waals surface area (Å²) in [7, 11) is 0. The Morgan fingerprint density at radius 2 is 0.450 bits per heavy atom. The number of hydrogen-bond acceptors (Lipinski definition) is 2. The van der Waals surface area contributed by atoms with E-state index in [1.165, 1.54) is 111 Å². The van der Waals surface area contributed by atoms with Crippen molar-refractivity contribution in [1.82, 2.24) is 0 Å². The minimum atomic E-state index is -0.368. The zero-order chi connectivity index (χ0) is 55.7. The van der Waals surface area contributed by atoms with Crippen LogP contribution in [-0.4, -0.2) is 0 Å². The van der Waals surface area contributed by atoms with Crippen molar-refractivity contribution in [2.75, 3.05) is 10.6 Å². The molecule has 0 atom stereocenters. The first-order valence-corrected chi connectivity index (χ1v) is 28.9. The molecule has 0 aromatic heterocycles. The molecule has 4 aliphatic carbocycles. The second-order valence-corrected chi connectivity index (χ2v) is 27.1. The smallest absolute Gasteiger partial charge is 0.0726 e. The molecule has 2 heteroatoms. The summed E-state index contributed by atoms with van der Waals surface area (Å²) in [5.74, 6) is 0. The molecule has 0 fully saturated rings. The van der Waals surface area contributed by atoms with Gasteiger partial charge in [-0.3, -0.25) is 0 Å². The maximum atomic E-state index is 3.69. The lowest BCUT2D eigenvalue weighted by Crippen LogP contribution is -2.27. The molecule has 10 aromatic rings. The van der Waals surface area contributed by atoms with E-state index in [0.717, 1.165) is 22.7 Å². The van der Waals surface area contributed by atoms with E-state index in [9.17, 15) is 0 Å². The summed E-state index contributed by atoms with van der Waals surface area (Å²) in [6.07, 6.45) is 0. The Morgan fingerprint density at radius 1 is 0.212 bits per heavy atom. The molecule has 10 aromatic carbocycles. The van der Waals surface area contributed by atoms with E-state index < -0.39 is 0 Å². The van der Waals surface area contributed by atoms with E-state index in [4.69, 9.17) is 0 Å². The highest BCUT2D eigenvalue weighted by Crippen LogP contribution is 2.66. The predicted molar refractivity (Wildman–Crippen MR) is 340 cm³/mol. The molecule has 2 N–H and O–H groups in total. The fraction of sp³-hybridized carbons (Fsp3) is 0.231. The number of anilines is 4. The summed E-state index contributed by atoms with van der Waals surface area (Å²) in [5.41, 5.74) is 31.3. The Hall–Kier alpha value is -8.20. The monoisotopic (exact) mass is 1040 g/mol. The number of benzene rings is 10. The van der Waals surface area contributed by atoms with Gasteiger partial charge in [0.25, 0.3) is 0 Å². The molecule has 0 saturated carbocycles. The van der Waals surface area contributed by atoms with Gasteiger partial charge < -0.3 is 10.6 Å². The van der Waals surface area contributed by atoms with Gasteiger partial charge in [-0.25, -0.2) is 0 Å². The first kappa shape index (κ1) is 51.3. The van der Waals surface area contributed by atoms with Crippen LogP contribution < -0.4 is 10.6 Å². The summed E-state index contributed by atoms with van der Waals surface area (Å²) in [5, 5.41) is 7.37. The van der Waals surface area contributed by atoms with Crippen molar-refractivity contribution in [2.45, 2.75) is 116 Å². The molecule has 0 bridgehead atoms. The van der Waals surface area contributed by atoms with Gasteiger partial charge in [0, 0.05) is 22.7 Å². The molecule has 14 rings (SSSR count). The molecule has 0 heterocycles. The number of nitrogens with one attached hydrogen (secondary N) is 2. The van der Waals surface area contributed by atoms with E-state index in [-0.39, 0.29) is 32.5 Å². The van der Waals surface area contributed by atoms with Gasteiger partial charge in [-0.1, -0.05) is 253 Å². The summed E-state index contributed by atoms with van der Waals surface area (Å²) in [6, 6.07) is 82.0. The van der Waals surface area contributed by atoms with E-state index in [1.807, 2.05) is 0 Å². The third kappa shape index (κ3) is 7.95. The van der Waals surface area contributed by atoms with Gasteiger partial charge >= 0.3 is 0 Å². The molecule has 2 nitrogen and oxygen atoms in total. The van der Waals surface area contributed by atoms with Crippen LogP contribution in [0.3, 0.4) is 0 Å². The molecule has 396 valence electrons. The minimum absolute atomic E-state index is 0.0548. The van der Waals surface area contributed by atoms with Gasteiger partial charge in [-0.05, 0) is 181 Å². The van der Waals surface area contributed by atoms with Crippen molar-refractivity contribution in [3.8, 4) is 44.5 Å². The van der Waals surface area contributed by atoms with Crippen LogP contribution in [0, 0.1) is 0 Å². The Kier molecular flexibility index (Phi) is 11.6. The van der Waals surface area contributed by atoms with Crippen LogP contribution in [0.1, 0.15) is 150 Å². The largest absolute Gasteiger partial charge is 0.356 e. The summed E-state index contributed by atoms with van der Waals surface area (Å²) < 4.78 is 0. The lowest BCUT2D eigenvalue weighted by Gasteiger charge is -2.33. The highest BCUT2D eigenvalue weighted by atomic mass is 14.9. The van der Waals surface area contributed by atoms with Gasteiger partial charge in [-0.2, -0.15) is 0 Å². The Morgan fingerprint density at radius 3 is 0.738 bits per heavy atom. The fourth-order valence-corrected chi connectivity index (χ4v) is 13.8. The zero-order valence-electron chi connectivity index (χ0n) is 48.8. The average molecular weight is 1040 g/mol. The van der Waals surface area contributed by atoms with Gasteiger partial charge in [0.05, 0.1) is 10.8 Å². The quantitative estimate of drug-likeness (QED) is 0.184. The van der Waals surface area contributed by atoms with Crippen molar-refractivity contribution < 1.29 is 0 Å². The molecule has 2 spiro atoms. The van der Waals surface area contributed by atoms with Crippen molar-refractivity contribution in [3.05, 3.63) is 285 Å². The zero-order valence-corrected chi connectivity index (χ0v) is 48.8. The van der Waals surface area contributed by atoms with E-state index in [2.05, 4.69) is 312 Å². The van der Waals surface area contributed by atoms with Crippen LogP contribution in [0.15, 0.2) is 218 Å². The molecule has 0 aliphatic heterocycles. The van der Waals surface area contributed by atoms with Crippen LogP contribution in [0.4, 0.5) is 22.7 Å². The summed E-state index contributed by atoms with van der Waals surface area (Å²) >= 11 is 0. The Labute approximate surface area is 476 Å². The molecule has 0 radical (unpaired) electrons. The lowest BCUT2D eigenvalue weighted by molar-refractivity contribution is 0.586. The normalized spacial score (nSPS) is 14.4. The molecule has 0 unspecified atom stereocenters. The minimum Gasteiger partial charge on any atom is -0.356 e. The van der Waals surface area contributed by atoms with Crippen molar-refractivity contribution in [2.24, 2.45) is 0 Å². The summed E-state index contributed by atoms with van der Waals surface area (Å²) in [4.78, 5) is 0. The number of rotatable bonds is 4. The molecule has 80 heavy (non-hydrogen) atoms. The maximum Gasteiger partial charge on any atom is 0.0726 e. The second kappa shape index (κ2) is 18.2. The summed E-state index contributed by atoms with van der Waals surface area (Å²) in [6.45, 7) is 27.8. The van der Waals surface area contributed by atoms with Gasteiger partial charge in [0.1, 0.15) is 0 Å². The molecular weight excluding hydrogens is 965 g/mol. The number of para-hydroxylation sites is 2. The van der Waals surface area contributed by atoms with Crippen LogP contribution in [0.25, 0.3) is 44.5 Å². The van der Waals surface area contributed by atoms with Crippen LogP contribution in [-0.2, 0) is 32.5 Å². The van der Waals surface area contributed by atoms with Gasteiger partial charge in [0.2, 0.25) is 0 Å². The molecular formula is C78H74N2. The third-order valence-corrected chi connectivity index (χ3v) is 18.0. The number of hydrogen-bond donors (Lipinski definition) is 2. The average Bonchev–Trinajstić information content (AvgIpc) is 4.28. The third-order valence-electron chi connectivity index (χ3n) is 18.0. The van der Waals surface area contributed by atoms with E-state index >= 15 is 0 Å². The highest BCUT2D eigenvalue weighted by Gasteiger charge is 2.54. The fourth-order valence-electron chi connectivity index (χ4n) is 13.8. The second-order valence-electron chi connectivity index (χ2n) is 27.1. The first-order chi connectivity index (χ1) is 38.2. The van der Waals surface area contributed by atoms with Crippen LogP contribution in [0.5, 0.6) is 0 Å². The van der Waals surface area contributed by atoms with Crippen LogP contribution >= 0.6 is 0 Å². The maximum absolute atomic E-state index is 3.69. The van der Waals surface area contributed by atoms with Crippen molar-refractivity contribution in [3.63, 3.8) is 0 Å². The number of fused-ring (bicyclic) bond motifs is 20. The Bertz CT molecular complexity index is 3690. The van der Waals surface area contributed by atoms with Crippen molar-refractivity contribution >= 4 is 22.7 Å².